The molecule has 0 aliphatic carbocycles. The molecule has 2 N–H and O–H groups in total. The fourth-order valence-corrected chi connectivity index (χ4v) is 7.15. The van der Waals surface area contributed by atoms with Crippen molar-refractivity contribution in [2.45, 2.75) is 16.2 Å². The molecule has 5 aromatic rings. The number of nitro groups is 1. The maximum Gasteiger partial charge on any atom is 0.283 e. The molecule has 1 aliphatic rings. The molecule has 0 atom stereocenters. The Balaban J connectivity index is 1.25. The molecule has 6 rings (SSSR count). The smallest absolute Gasteiger partial charge is 0.283 e. The van der Waals surface area contributed by atoms with Gasteiger partial charge in [-0.25, -0.2) is 4.98 Å². The minimum absolute atomic E-state index is 0.105. The molecule has 14 heteroatoms. The van der Waals surface area contributed by atoms with E-state index in [-0.39, 0.29) is 27.8 Å². The third kappa shape index (κ3) is 6.39. The zero-order valence-corrected chi connectivity index (χ0v) is 26.9. The number of rotatable bonds is 7. The first kappa shape index (κ1) is 31.0. The molecule has 10 nitrogen and oxygen atoms in total. The number of hydrogen-bond acceptors (Lipinski definition) is 9. The molecular formula is C32H20ClN5O5S3. The Morgan fingerprint density at radius 3 is 2.61 bits per heavy atom. The van der Waals surface area contributed by atoms with Crippen molar-refractivity contribution in [3.05, 3.63) is 122 Å². The van der Waals surface area contributed by atoms with Crippen LogP contribution < -0.4 is 15.5 Å². The second-order valence-electron chi connectivity index (χ2n) is 9.96. The number of carbonyl (C=O) groups is 3. The number of anilines is 2. The maximum atomic E-state index is 13.4. The molecule has 0 saturated carbocycles. The highest BCUT2D eigenvalue weighted by atomic mass is 35.5. The van der Waals surface area contributed by atoms with Gasteiger partial charge in [0.2, 0.25) is 0 Å². The molecule has 228 valence electrons. The number of carbonyl (C=O) groups excluding carboxylic acids is 3. The number of aryl methyl sites for hydroxylation is 1. The van der Waals surface area contributed by atoms with Crippen LogP contribution in [0.15, 0.2) is 99.7 Å². The van der Waals surface area contributed by atoms with Gasteiger partial charge in [0.25, 0.3) is 23.4 Å². The van der Waals surface area contributed by atoms with Crippen LogP contribution in [0.2, 0.25) is 5.02 Å². The van der Waals surface area contributed by atoms with Crippen LogP contribution >= 0.6 is 46.9 Å². The highest BCUT2D eigenvalue weighted by Gasteiger charge is 2.35. The van der Waals surface area contributed by atoms with Gasteiger partial charge in [0.1, 0.15) is 5.57 Å². The summed E-state index contributed by atoms with van der Waals surface area (Å²) in [4.78, 5) is 56.4. The van der Waals surface area contributed by atoms with Crippen molar-refractivity contribution < 1.29 is 19.3 Å². The number of nitrogens with zero attached hydrogens (tertiary/aromatic N) is 3. The summed E-state index contributed by atoms with van der Waals surface area (Å²) in [5.74, 6) is -1.66. The van der Waals surface area contributed by atoms with E-state index in [4.69, 9.17) is 23.8 Å². The number of hydrogen-bond donors (Lipinski definition) is 2. The molecule has 0 bridgehead atoms. The van der Waals surface area contributed by atoms with Gasteiger partial charge in [-0.3, -0.25) is 34.7 Å². The number of amides is 3. The quantitative estimate of drug-likeness (QED) is 0.0595. The van der Waals surface area contributed by atoms with E-state index in [2.05, 4.69) is 15.6 Å². The summed E-state index contributed by atoms with van der Waals surface area (Å²) >= 11 is 13.9. The molecule has 1 aliphatic heterocycles. The Labute approximate surface area is 280 Å². The minimum atomic E-state index is -0.723. The van der Waals surface area contributed by atoms with Crippen molar-refractivity contribution in [2.24, 2.45) is 0 Å². The lowest BCUT2D eigenvalue weighted by Crippen LogP contribution is -2.54. The van der Waals surface area contributed by atoms with Crippen LogP contribution in [-0.4, -0.2) is 32.7 Å². The highest BCUT2D eigenvalue weighted by Crippen LogP contribution is 2.40. The molecule has 46 heavy (non-hydrogen) atoms. The lowest BCUT2D eigenvalue weighted by atomic mass is 10.1. The van der Waals surface area contributed by atoms with Crippen molar-refractivity contribution in [1.82, 2.24) is 10.3 Å². The lowest BCUT2D eigenvalue weighted by molar-refractivity contribution is -0.387. The van der Waals surface area contributed by atoms with E-state index in [1.807, 2.05) is 13.0 Å². The fourth-order valence-electron chi connectivity index (χ4n) is 4.54. The van der Waals surface area contributed by atoms with Gasteiger partial charge in [0.05, 0.1) is 25.7 Å². The molecule has 4 aromatic carbocycles. The van der Waals surface area contributed by atoms with Gasteiger partial charge in [-0.2, -0.15) is 0 Å². The van der Waals surface area contributed by atoms with Gasteiger partial charge in [-0.05, 0) is 84.9 Å². The van der Waals surface area contributed by atoms with Gasteiger partial charge in [-0.15, -0.1) is 11.3 Å². The summed E-state index contributed by atoms with van der Waals surface area (Å²) in [6, 6.07) is 23.5. The summed E-state index contributed by atoms with van der Waals surface area (Å²) < 4.78 is 1.34. The molecule has 0 spiro atoms. The molecule has 1 saturated heterocycles. The number of fused-ring (bicyclic) bond motifs is 1. The summed E-state index contributed by atoms with van der Waals surface area (Å²) in [6.07, 6.45) is 1.28. The molecule has 1 aromatic heterocycles. The molecule has 0 unspecified atom stereocenters. The molecule has 0 radical (unpaired) electrons. The zero-order chi connectivity index (χ0) is 32.5. The van der Waals surface area contributed by atoms with Crippen molar-refractivity contribution >= 4 is 103 Å². The average Bonchev–Trinajstić information content (AvgIpc) is 3.43. The number of nitro benzene ring substituents is 1. The highest BCUT2D eigenvalue weighted by molar-refractivity contribution is 8.01. The monoisotopic (exact) mass is 685 g/mol. The van der Waals surface area contributed by atoms with E-state index in [0.717, 1.165) is 26.9 Å². The minimum Gasteiger partial charge on any atom is -0.322 e. The number of halogens is 1. The van der Waals surface area contributed by atoms with Gasteiger partial charge < -0.3 is 5.32 Å². The Morgan fingerprint density at radius 1 is 1.09 bits per heavy atom. The number of nitrogens with one attached hydrogen (secondary N) is 2. The first-order chi connectivity index (χ1) is 22.1. The van der Waals surface area contributed by atoms with Crippen LogP contribution in [0.4, 0.5) is 17.1 Å². The summed E-state index contributed by atoms with van der Waals surface area (Å²) in [7, 11) is 0. The Kier molecular flexibility index (Phi) is 8.65. The van der Waals surface area contributed by atoms with Gasteiger partial charge in [-0.1, -0.05) is 53.7 Å². The molecule has 2 heterocycles. The largest absolute Gasteiger partial charge is 0.322 e. The lowest BCUT2D eigenvalue weighted by Gasteiger charge is -2.29. The predicted octanol–water partition coefficient (Wildman–Crippen LogP) is 7.40. The second kappa shape index (κ2) is 12.8. The van der Waals surface area contributed by atoms with Crippen LogP contribution in [0.1, 0.15) is 21.5 Å². The Bertz CT molecular complexity index is 2130. The van der Waals surface area contributed by atoms with Crippen LogP contribution in [0.25, 0.3) is 16.3 Å². The Hall–Kier alpha value is -4.95. The summed E-state index contributed by atoms with van der Waals surface area (Å²) in [5.41, 5.74) is 2.76. The van der Waals surface area contributed by atoms with Crippen LogP contribution in [0, 0.1) is 17.0 Å². The fraction of sp³-hybridized carbons (Fsp3) is 0.0312. The number of aromatic nitrogens is 1. The molecular weight excluding hydrogens is 666 g/mol. The van der Waals surface area contributed by atoms with E-state index in [0.29, 0.717) is 36.7 Å². The third-order valence-corrected chi connectivity index (χ3v) is 9.70. The van der Waals surface area contributed by atoms with Crippen LogP contribution in [0.3, 0.4) is 0 Å². The SMILES string of the molecule is Cc1ccc(N2C(=O)/C(=C/c3ccc(Sc4nc5ccc(NC(=O)c6ccccc6)cc5s4)c([N+](=O)[O-])c3)C(=O)NC2=S)cc1Cl. The van der Waals surface area contributed by atoms with Crippen LogP contribution in [0.5, 0.6) is 0 Å². The van der Waals surface area contributed by atoms with Crippen molar-refractivity contribution in [3.63, 3.8) is 0 Å². The Morgan fingerprint density at radius 2 is 1.87 bits per heavy atom. The number of benzene rings is 4. The normalized spacial score (nSPS) is 14.1. The average molecular weight is 686 g/mol. The molecule has 1 fully saturated rings. The standard InChI is InChI=1S/C32H20ClN5O5S3/c1-17-7-10-21(16-23(17)33)37-30(41)22(29(40)36-31(37)44)13-18-8-12-26(25(14-18)38(42)43)45-32-35-24-11-9-20(15-27(24)46-32)34-28(39)19-5-3-2-4-6-19/h2-16H,1H3,(H,34,39)(H,36,40,44)/b22-13+. The number of thiazole rings is 1. The van der Waals surface area contributed by atoms with Crippen molar-refractivity contribution in [1.29, 1.82) is 0 Å². The maximum absolute atomic E-state index is 13.4. The van der Waals surface area contributed by atoms with Gasteiger partial charge in [0.15, 0.2) is 9.45 Å². The van der Waals surface area contributed by atoms with Gasteiger partial charge >= 0.3 is 0 Å². The van der Waals surface area contributed by atoms with Crippen LogP contribution in [-0.2, 0) is 9.59 Å². The third-order valence-electron chi connectivity index (χ3n) is 6.87. The van der Waals surface area contributed by atoms with Crippen molar-refractivity contribution in [3.8, 4) is 0 Å². The van der Waals surface area contributed by atoms with Gasteiger partial charge in [0, 0.05) is 22.3 Å². The second-order valence-corrected chi connectivity index (χ2v) is 13.1. The summed E-state index contributed by atoms with van der Waals surface area (Å²) in [5, 5.41) is 17.8. The predicted molar refractivity (Wildman–Crippen MR) is 184 cm³/mol. The van der Waals surface area contributed by atoms with E-state index >= 15 is 0 Å². The zero-order valence-electron chi connectivity index (χ0n) is 23.6. The van der Waals surface area contributed by atoms with E-state index in [1.165, 1.54) is 23.5 Å². The first-order valence-corrected chi connectivity index (χ1v) is 15.9. The van der Waals surface area contributed by atoms with E-state index < -0.39 is 16.7 Å². The topological polar surface area (TPSA) is 135 Å². The molecule has 3 amide bonds. The number of thiocarbonyl (C=S) groups is 1. The summed E-state index contributed by atoms with van der Waals surface area (Å²) in [6.45, 7) is 1.81. The van der Waals surface area contributed by atoms with Crippen molar-refractivity contribution in [2.75, 3.05) is 10.2 Å². The van der Waals surface area contributed by atoms with E-state index in [1.54, 1.807) is 72.8 Å². The first-order valence-electron chi connectivity index (χ1n) is 13.5. The van der Waals surface area contributed by atoms with E-state index in [9.17, 15) is 24.5 Å².